The zero-order valence-electron chi connectivity index (χ0n) is 30.8. The van der Waals surface area contributed by atoms with Crippen LogP contribution in [0.15, 0.2) is 35.7 Å². The lowest BCUT2D eigenvalue weighted by molar-refractivity contribution is -0.149. The highest BCUT2D eigenvalue weighted by Gasteiger charge is 2.37. The second-order valence-corrected chi connectivity index (χ2v) is 15.1. The molecule has 1 aliphatic rings. The Morgan fingerprint density at radius 1 is 1.04 bits per heavy atom. The summed E-state index contributed by atoms with van der Waals surface area (Å²) in [5.41, 5.74) is 0.958. The summed E-state index contributed by atoms with van der Waals surface area (Å²) in [5, 5.41) is 27.0. The molecule has 0 bridgehead atoms. The molecule has 0 spiro atoms. The largest absolute Gasteiger partial charge is 0.481 e. The third kappa shape index (κ3) is 12.1. The van der Waals surface area contributed by atoms with E-state index in [1.54, 1.807) is 17.3 Å². The van der Waals surface area contributed by atoms with E-state index in [1.165, 1.54) is 6.92 Å². The summed E-state index contributed by atoms with van der Waals surface area (Å²) in [5.74, 6) is -3.96. The number of aliphatic carboxylic acids is 1. The predicted octanol–water partition coefficient (Wildman–Crippen LogP) is 3.67. The number of aliphatic hydroxyl groups is 1. The number of nitrogens with one attached hydrogen (secondary N) is 2. The van der Waals surface area contributed by atoms with Crippen LogP contribution in [0.1, 0.15) is 93.9 Å². The number of benzene rings is 1. The van der Waals surface area contributed by atoms with Gasteiger partial charge in [0.1, 0.15) is 16.7 Å². The summed E-state index contributed by atoms with van der Waals surface area (Å²) in [4.78, 5) is 72.9. The average Bonchev–Trinajstić information content (AvgIpc) is 3.58. The number of carbonyl (C=O) groups is 5. The minimum Gasteiger partial charge on any atom is -0.481 e. The Hall–Kier alpha value is -3.88. The van der Waals surface area contributed by atoms with Crippen molar-refractivity contribution in [1.29, 1.82) is 0 Å². The van der Waals surface area contributed by atoms with Crippen LogP contribution in [-0.4, -0.2) is 106 Å². The van der Waals surface area contributed by atoms with Gasteiger partial charge in [0.2, 0.25) is 11.8 Å². The Bertz CT molecular complexity index is 1470. The number of likely N-dealkylation sites (tertiary alicyclic amines) is 1. The van der Waals surface area contributed by atoms with Gasteiger partial charge in [-0.2, -0.15) is 0 Å². The number of nitrogens with zero attached hydrogens (tertiary/aromatic N) is 3. The average molecular weight is 730 g/mol. The molecule has 1 saturated heterocycles. The normalized spacial score (nSPS) is 18.0. The third-order valence-electron chi connectivity index (χ3n) is 9.51. The molecule has 282 valence electrons. The minimum absolute atomic E-state index is 0.00511. The van der Waals surface area contributed by atoms with Crippen molar-refractivity contribution >= 4 is 41.0 Å². The van der Waals surface area contributed by atoms with Crippen molar-refractivity contribution in [3.8, 4) is 0 Å². The summed E-state index contributed by atoms with van der Waals surface area (Å²) >= 11 is 1.14. The van der Waals surface area contributed by atoms with Crippen LogP contribution >= 0.6 is 11.3 Å². The maximum Gasteiger partial charge on any atom is 0.308 e. The molecule has 14 heteroatoms. The van der Waals surface area contributed by atoms with Crippen LogP contribution < -0.4 is 10.6 Å². The Kier molecular flexibility index (Phi) is 16.0. The number of thiazole rings is 1. The van der Waals surface area contributed by atoms with Crippen molar-refractivity contribution in [3.05, 3.63) is 52.0 Å². The maximum absolute atomic E-state index is 14.0. The molecule has 2 aromatic rings. The van der Waals surface area contributed by atoms with Crippen molar-refractivity contribution in [2.75, 3.05) is 27.2 Å². The van der Waals surface area contributed by atoms with Crippen LogP contribution in [0.4, 0.5) is 0 Å². The molecule has 1 aromatic heterocycles. The molecule has 1 aromatic carbocycles. The SMILES string of the molecule is CC(=O)O[C@H](C[C@H](C(C)C)N(C)C(=O)C(NC(=O)C1CCCCN1C)C(C)C)c1nc(C(=O)N[C@@H](Cc2ccccc2)C[C@@H](CO)C(=O)O)cs1. The number of carbonyl (C=O) groups excluding carboxylic acids is 4. The Morgan fingerprint density at radius 3 is 2.29 bits per heavy atom. The molecule has 2 unspecified atom stereocenters. The second-order valence-electron chi connectivity index (χ2n) is 14.2. The van der Waals surface area contributed by atoms with E-state index in [9.17, 15) is 34.2 Å². The van der Waals surface area contributed by atoms with E-state index in [4.69, 9.17) is 4.74 Å². The number of carboxylic acid groups (broad SMARTS) is 1. The van der Waals surface area contributed by atoms with E-state index < -0.39 is 54.6 Å². The molecular formula is C37H55N5O8S. The zero-order valence-corrected chi connectivity index (χ0v) is 31.7. The van der Waals surface area contributed by atoms with Gasteiger partial charge in [-0.3, -0.25) is 28.9 Å². The lowest BCUT2D eigenvalue weighted by atomic mass is 9.94. The molecule has 0 radical (unpaired) electrons. The minimum atomic E-state index is -1.16. The number of piperidine rings is 1. The number of ether oxygens (including phenoxy) is 1. The number of esters is 1. The number of carboxylic acids is 1. The first-order valence-corrected chi connectivity index (χ1v) is 18.6. The molecule has 0 saturated carbocycles. The molecule has 0 aliphatic carbocycles. The van der Waals surface area contributed by atoms with E-state index in [-0.39, 0.29) is 48.2 Å². The summed E-state index contributed by atoms with van der Waals surface area (Å²) in [7, 11) is 3.62. The molecular weight excluding hydrogens is 675 g/mol. The van der Waals surface area contributed by atoms with Gasteiger partial charge in [-0.05, 0) is 56.7 Å². The van der Waals surface area contributed by atoms with Gasteiger partial charge in [0.25, 0.3) is 5.91 Å². The highest BCUT2D eigenvalue weighted by Crippen LogP contribution is 2.31. The first-order chi connectivity index (χ1) is 24.1. The number of hydrogen-bond donors (Lipinski definition) is 4. The van der Waals surface area contributed by atoms with Gasteiger partial charge in [0.15, 0.2) is 6.10 Å². The van der Waals surface area contributed by atoms with Gasteiger partial charge in [-0.25, -0.2) is 4.98 Å². The number of hydrogen-bond acceptors (Lipinski definition) is 10. The van der Waals surface area contributed by atoms with Crippen LogP contribution in [0.5, 0.6) is 0 Å². The van der Waals surface area contributed by atoms with Gasteiger partial charge in [0.05, 0.1) is 18.6 Å². The summed E-state index contributed by atoms with van der Waals surface area (Å²) in [6.07, 6.45) is 2.41. The Morgan fingerprint density at radius 2 is 1.73 bits per heavy atom. The Balaban J connectivity index is 1.80. The quantitative estimate of drug-likeness (QED) is 0.166. The number of aliphatic hydroxyl groups excluding tert-OH is 1. The van der Waals surface area contributed by atoms with Crippen molar-refractivity contribution in [2.45, 2.75) is 103 Å². The van der Waals surface area contributed by atoms with E-state index in [0.717, 1.165) is 42.7 Å². The highest BCUT2D eigenvalue weighted by atomic mass is 32.1. The van der Waals surface area contributed by atoms with Crippen LogP contribution in [0.25, 0.3) is 0 Å². The number of amides is 3. The molecule has 3 rings (SSSR count). The van der Waals surface area contributed by atoms with Gasteiger partial charge >= 0.3 is 11.9 Å². The first kappa shape index (κ1) is 41.5. The van der Waals surface area contributed by atoms with E-state index >= 15 is 0 Å². The topological polar surface area (TPSA) is 178 Å². The van der Waals surface area contributed by atoms with Gasteiger partial charge in [0, 0.05) is 37.9 Å². The standard InChI is InChI=1S/C37H55N5O8S/c1-22(2)30(42(7)36(47)32(23(3)4)40-34(46)29-15-11-12-16-41(29)6)19-31(50-24(5)44)35-39-28(21-51-35)33(45)38-27(18-26(20-43)37(48)49)17-25-13-9-8-10-14-25/h8-10,13-14,21-23,26-27,29-32,43H,11-12,15-20H2,1-7H3,(H,38,45)(H,40,46)(H,48,49)/t26-,27-,29?,30+,31+,32?/m0/s1. The predicted molar refractivity (Wildman–Crippen MR) is 194 cm³/mol. The van der Waals surface area contributed by atoms with Gasteiger partial charge < -0.3 is 30.5 Å². The Labute approximate surface area is 305 Å². The number of aromatic nitrogens is 1. The van der Waals surface area contributed by atoms with Gasteiger partial charge in [-0.15, -0.1) is 11.3 Å². The molecule has 1 aliphatic heterocycles. The number of likely N-dealkylation sites (N-methyl/N-ethyl adjacent to an activating group) is 2. The van der Waals surface area contributed by atoms with Crippen molar-refractivity contribution in [1.82, 2.24) is 25.4 Å². The molecule has 3 amide bonds. The van der Waals surface area contributed by atoms with E-state index in [2.05, 4.69) is 15.6 Å². The fraction of sp³-hybridized carbons (Fsp3) is 0.622. The molecule has 13 nitrogen and oxygen atoms in total. The van der Waals surface area contributed by atoms with Crippen LogP contribution in [-0.2, 0) is 30.3 Å². The summed E-state index contributed by atoms with van der Waals surface area (Å²) < 4.78 is 5.73. The van der Waals surface area contributed by atoms with Crippen molar-refractivity contribution in [2.24, 2.45) is 17.8 Å². The summed E-state index contributed by atoms with van der Waals surface area (Å²) in [6.45, 7) is 9.25. The molecule has 1 fully saturated rings. The second kappa shape index (κ2) is 19.7. The number of rotatable bonds is 18. The first-order valence-electron chi connectivity index (χ1n) is 17.7. The zero-order chi connectivity index (χ0) is 37.8. The van der Waals surface area contributed by atoms with Crippen molar-refractivity contribution in [3.63, 3.8) is 0 Å². The van der Waals surface area contributed by atoms with Crippen LogP contribution in [0.2, 0.25) is 0 Å². The van der Waals surface area contributed by atoms with Crippen LogP contribution in [0, 0.1) is 17.8 Å². The van der Waals surface area contributed by atoms with Gasteiger partial charge in [-0.1, -0.05) is 64.4 Å². The highest BCUT2D eigenvalue weighted by molar-refractivity contribution is 7.09. The van der Waals surface area contributed by atoms with Crippen LogP contribution in [0.3, 0.4) is 0 Å². The fourth-order valence-electron chi connectivity index (χ4n) is 6.54. The van der Waals surface area contributed by atoms with E-state index in [0.29, 0.717) is 11.4 Å². The lowest BCUT2D eigenvalue weighted by Gasteiger charge is -2.37. The third-order valence-corrected chi connectivity index (χ3v) is 10.4. The monoisotopic (exact) mass is 729 g/mol. The molecule has 51 heavy (non-hydrogen) atoms. The molecule has 4 N–H and O–H groups in total. The lowest BCUT2D eigenvalue weighted by Crippen LogP contribution is -2.57. The summed E-state index contributed by atoms with van der Waals surface area (Å²) in [6, 6.07) is 7.23. The van der Waals surface area contributed by atoms with E-state index in [1.807, 2.05) is 70.0 Å². The molecule has 2 heterocycles. The maximum atomic E-state index is 14.0. The molecule has 6 atom stereocenters. The smallest absolute Gasteiger partial charge is 0.308 e. The van der Waals surface area contributed by atoms with Crippen molar-refractivity contribution < 1.29 is 38.9 Å². The fourth-order valence-corrected chi connectivity index (χ4v) is 7.38.